The second-order valence-corrected chi connectivity index (χ2v) is 6.82. The normalized spacial score (nSPS) is 37.4. The third-order valence-electron chi connectivity index (χ3n) is 5.64. The van der Waals surface area contributed by atoms with E-state index in [1.807, 2.05) is 7.05 Å². The van der Waals surface area contributed by atoms with Crippen LogP contribution in [0.1, 0.15) is 51.9 Å². The molecule has 2 fully saturated rings. The summed E-state index contributed by atoms with van der Waals surface area (Å²) in [5.41, 5.74) is 0.0130. The van der Waals surface area contributed by atoms with Crippen molar-refractivity contribution in [1.82, 2.24) is 10.2 Å². The SMILES string of the molecule is CNC1(CO)CCCC1CCN1CCCC(C)CC1. The monoisotopic (exact) mass is 268 g/mol. The number of hydrogen-bond acceptors (Lipinski definition) is 3. The van der Waals surface area contributed by atoms with Gasteiger partial charge in [-0.2, -0.15) is 0 Å². The fourth-order valence-electron chi connectivity index (χ4n) is 4.07. The van der Waals surface area contributed by atoms with E-state index < -0.39 is 0 Å². The van der Waals surface area contributed by atoms with Gasteiger partial charge in [-0.25, -0.2) is 0 Å². The first-order chi connectivity index (χ1) is 9.20. The van der Waals surface area contributed by atoms with Gasteiger partial charge < -0.3 is 15.3 Å². The first-order valence-corrected chi connectivity index (χ1v) is 8.22. The zero-order chi connectivity index (χ0) is 13.7. The van der Waals surface area contributed by atoms with Gasteiger partial charge in [-0.15, -0.1) is 0 Å². The van der Waals surface area contributed by atoms with E-state index in [-0.39, 0.29) is 5.54 Å². The molecule has 19 heavy (non-hydrogen) atoms. The number of aliphatic hydroxyl groups excluding tert-OH is 1. The first kappa shape index (κ1) is 15.3. The molecule has 1 aliphatic carbocycles. The van der Waals surface area contributed by atoms with E-state index in [1.165, 1.54) is 58.2 Å². The van der Waals surface area contributed by atoms with Gasteiger partial charge in [0.2, 0.25) is 0 Å². The lowest BCUT2D eigenvalue weighted by Gasteiger charge is -2.35. The lowest BCUT2D eigenvalue weighted by atomic mass is 9.85. The predicted octanol–water partition coefficient (Wildman–Crippen LogP) is 2.25. The molecule has 1 saturated carbocycles. The van der Waals surface area contributed by atoms with Gasteiger partial charge in [0.1, 0.15) is 0 Å². The van der Waals surface area contributed by atoms with E-state index in [1.54, 1.807) is 0 Å². The van der Waals surface area contributed by atoms with Gasteiger partial charge in [-0.05, 0) is 77.0 Å². The topological polar surface area (TPSA) is 35.5 Å². The Bertz CT molecular complexity index is 265. The Morgan fingerprint density at radius 2 is 2.05 bits per heavy atom. The molecular formula is C16H32N2O. The molecule has 3 unspecified atom stereocenters. The minimum atomic E-state index is 0.0130. The highest BCUT2D eigenvalue weighted by Gasteiger charge is 2.40. The minimum absolute atomic E-state index is 0.0130. The van der Waals surface area contributed by atoms with Gasteiger partial charge in [0.25, 0.3) is 0 Å². The maximum atomic E-state index is 9.73. The van der Waals surface area contributed by atoms with Crippen LogP contribution in [0.3, 0.4) is 0 Å². The van der Waals surface area contributed by atoms with Crippen LogP contribution in [0.4, 0.5) is 0 Å². The molecule has 0 amide bonds. The van der Waals surface area contributed by atoms with Crippen LogP contribution in [0.15, 0.2) is 0 Å². The molecule has 1 saturated heterocycles. The van der Waals surface area contributed by atoms with E-state index in [0.29, 0.717) is 12.5 Å². The Morgan fingerprint density at radius 1 is 1.21 bits per heavy atom. The van der Waals surface area contributed by atoms with Gasteiger partial charge >= 0.3 is 0 Å². The fraction of sp³-hybridized carbons (Fsp3) is 1.00. The van der Waals surface area contributed by atoms with Crippen molar-refractivity contribution in [2.45, 2.75) is 57.4 Å². The fourth-order valence-corrected chi connectivity index (χ4v) is 4.07. The van der Waals surface area contributed by atoms with Crippen LogP contribution in [0.5, 0.6) is 0 Å². The summed E-state index contributed by atoms with van der Waals surface area (Å²) in [6, 6.07) is 0. The zero-order valence-corrected chi connectivity index (χ0v) is 12.8. The highest BCUT2D eigenvalue weighted by molar-refractivity contribution is 4.98. The maximum absolute atomic E-state index is 9.73. The molecule has 3 atom stereocenters. The zero-order valence-electron chi connectivity index (χ0n) is 12.8. The van der Waals surface area contributed by atoms with E-state index in [0.717, 1.165) is 12.3 Å². The Kier molecular flexibility index (Phi) is 5.67. The van der Waals surface area contributed by atoms with Gasteiger partial charge in [-0.1, -0.05) is 13.3 Å². The molecule has 0 spiro atoms. The third kappa shape index (κ3) is 3.71. The molecule has 0 bridgehead atoms. The molecule has 0 aromatic rings. The van der Waals surface area contributed by atoms with E-state index in [2.05, 4.69) is 17.1 Å². The number of likely N-dealkylation sites (tertiary alicyclic amines) is 1. The lowest BCUT2D eigenvalue weighted by molar-refractivity contribution is 0.118. The molecule has 3 nitrogen and oxygen atoms in total. The van der Waals surface area contributed by atoms with Crippen molar-refractivity contribution in [3.8, 4) is 0 Å². The van der Waals surface area contributed by atoms with Crippen LogP contribution in [-0.4, -0.2) is 48.8 Å². The van der Waals surface area contributed by atoms with Crippen LogP contribution in [-0.2, 0) is 0 Å². The number of hydrogen-bond donors (Lipinski definition) is 2. The number of nitrogens with zero attached hydrogens (tertiary/aromatic N) is 1. The Balaban J connectivity index is 1.81. The molecule has 0 aromatic heterocycles. The molecule has 0 radical (unpaired) electrons. The standard InChI is InChI=1S/C16H32N2O/c1-14-5-4-10-18(11-7-14)12-8-15-6-3-9-16(15,13-19)17-2/h14-15,17,19H,3-13H2,1-2H3. The second kappa shape index (κ2) is 7.05. The Morgan fingerprint density at radius 3 is 2.79 bits per heavy atom. The highest BCUT2D eigenvalue weighted by Crippen LogP contribution is 2.37. The van der Waals surface area contributed by atoms with Crippen LogP contribution in [0, 0.1) is 11.8 Å². The average Bonchev–Trinajstić information content (AvgIpc) is 2.73. The molecule has 1 aliphatic heterocycles. The summed E-state index contributed by atoms with van der Waals surface area (Å²) in [6.07, 6.45) is 9.06. The second-order valence-electron chi connectivity index (χ2n) is 6.82. The van der Waals surface area contributed by atoms with Crippen LogP contribution in [0.25, 0.3) is 0 Å². The summed E-state index contributed by atoms with van der Waals surface area (Å²) in [7, 11) is 2.02. The quantitative estimate of drug-likeness (QED) is 0.803. The number of nitrogens with one attached hydrogen (secondary N) is 1. The predicted molar refractivity (Wildman–Crippen MR) is 80.3 cm³/mol. The number of likely N-dealkylation sites (N-methyl/N-ethyl adjacent to an activating group) is 1. The van der Waals surface area contributed by atoms with Crippen molar-refractivity contribution < 1.29 is 5.11 Å². The largest absolute Gasteiger partial charge is 0.394 e. The van der Waals surface area contributed by atoms with Crippen molar-refractivity contribution in [1.29, 1.82) is 0 Å². The molecule has 2 rings (SSSR count). The maximum Gasteiger partial charge on any atom is 0.0615 e. The molecular weight excluding hydrogens is 236 g/mol. The summed E-state index contributed by atoms with van der Waals surface area (Å²) >= 11 is 0. The molecule has 0 aromatic carbocycles. The smallest absolute Gasteiger partial charge is 0.0615 e. The van der Waals surface area contributed by atoms with Gasteiger partial charge in [-0.3, -0.25) is 0 Å². The van der Waals surface area contributed by atoms with Gasteiger partial charge in [0.05, 0.1) is 6.61 Å². The summed E-state index contributed by atoms with van der Waals surface area (Å²) in [6.45, 7) is 6.46. The molecule has 2 N–H and O–H groups in total. The van der Waals surface area contributed by atoms with Crippen molar-refractivity contribution >= 4 is 0 Å². The molecule has 1 heterocycles. The van der Waals surface area contributed by atoms with Crippen LogP contribution >= 0.6 is 0 Å². The van der Waals surface area contributed by atoms with E-state index in [4.69, 9.17) is 0 Å². The van der Waals surface area contributed by atoms with Crippen molar-refractivity contribution in [3.63, 3.8) is 0 Å². The Labute approximate surface area is 118 Å². The van der Waals surface area contributed by atoms with Crippen LogP contribution < -0.4 is 5.32 Å². The first-order valence-electron chi connectivity index (χ1n) is 8.22. The van der Waals surface area contributed by atoms with Crippen molar-refractivity contribution in [3.05, 3.63) is 0 Å². The lowest BCUT2D eigenvalue weighted by Crippen LogP contribution is -2.50. The van der Waals surface area contributed by atoms with Gasteiger partial charge in [0.15, 0.2) is 0 Å². The van der Waals surface area contributed by atoms with Crippen LogP contribution in [0.2, 0.25) is 0 Å². The Hall–Kier alpha value is -0.120. The molecule has 3 heteroatoms. The highest BCUT2D eigenvalue weighted by atomic mass is 16.3. The van der Waals surface area contributed by atoms with E-state index in [9.17, 15) is 5.11 Å². The summed E-state index contributed by atoms with van der Waals surface area (Å²) in [4.78, 5) is 2.65. The summed E-state index contributed by atoms with van der Waals surface area (Å²) in [5, 5.41) is 13.1. The van der Waals surface area contributed by atoms with Crippen molar-refractivity contribution in [2.24, 2.45) is 11.8 Å². The summed E-state index contributed by atoms with van der Waals surface area (Å²) in [5.74, 6) is 1.56. The molecule has 2 aliphatic rings. The van der Waals surface area contributed by atoms with Gasteiger partial charge in [0, 0.05) is 5.54 Å². The average molecular weight is 268 g/mol. The van der Waals surface area contributed by atoms with E-state index >= 15 is 0 Å². The molecule has 112 valence electrons. The van der Waals surface area contributed by atoms with Crippen molar-refractivity contribution in [2.75, 3.05) is 33.3 Å². The third-order valence-corrected chi connectivity index (χ3v) is 5.64. The summed E-state index contributed by atoms with van der Waals surface area (Å²) < 4.78 is 0. The number of rotatable bonds is 5. The number of aliphatic hydroxyl groups is 1. The minimum Gasteiger partial charge on any atom is -0.394 e.